The summed E-state index contributed by atoms with van der Waals surface area (Å²) in [6, 6.07) is 8.88. The van der Waals surface area contributed by atoms with Crippen LogP contribution in [0.4, 0.5) is 0 Å². The second kappa shape index (κ2) is 4.76. The highest BCUT2D eigenvalue weighted by Crippen LogP contribution is 2.22. The van der Waals surface area contributed by atoms with Crippen LogP contribution in [0.5, 0.6) is 0 Å². The highest BCUT2D eigenvalue weighted by molar-refractivity contribution is 7.14. The molecule has 0 saturated carbocycles. The monoisotopic (exact) mass is 287 g/mol. The molecule has 0 spiro atoms. The van der Waals surface area contributed by atoms with Crippen molar-refractivity contribution in [3.05, 3.63) is 56.2 Å². The van der Waals surface area contributed by atoms with Gasteiger partial charge < -0.3 is 4.42 Å². The summed E-state index contributed by atoms with van der Waals surface area (Å²) in [6.45, 7) is 4.39. The Hall–Kier alpha value is -2.14. The van der Waals surface area contributed by atoms with Crippen molar-refractivity contribution in [1.29, 1.82) is 0 Å². The lowest BCUT2D eigenvalue weighted by Gasteiger charge is -1.99. The molecular weight excluding hydrogens is 274 g/mol. The van der Waals surface area contributed by atoms with Crippen molar-refractivity contribution in [3.63, 3.8) is 0 Å². The molecule has 0 fully saturated rings. The first kappa shape index (κ1) is 12.9. The number of fused-ring (bicyclic) bond motifs is 1. The first-order valence-electron chi connectivity index (χ1n) is 6.34. The Kier molecular flexibility index (Phi) is 3.06. The second-order valence-corrected chi connectivity index (χ2v) is 5.82. The Balaban J connectivity index is 2.09. The molecule has 0 atom stereocenters. The van der Waals surface area contributed by atoms with Crippen molar-refractivity contribution in [3.8, 4) is 0 Å². The molecule has 1 aromatic carbocycles. The average Bonchev–Trinajstić information content (AvgIpc) is 2.99. The van der Waals surface area contributed by atoms with Gasteiger partial charge in [0.1, 0.15) is 0 Å². The van der Waals surface area contributed by atoms with Crippen LogP contribution in [0, 0.1) is 6.92 Å². The lowest BCUT2D eigenvalue weighted by Crippen LogP contribution is -2.11. The quantitative estimate of drug-likeness (QED) is 0.695. The van der Waals surface area contributed by atoms with Gasteiger partial charge >= 0.3 is 5.76 Å². The van der Waals surface area contributed by atoms with E-state index in [-0.39, 0.29) is 11.5 Å². The third kappa shape index (κ3) is 2.00. The standard InChI is InChI=1S/C15H13NO3S/c1-3-16-11-6-5-10(8-12(11)19-15(16)18)14(17)13-7-4-9(2)20-13/h4-8H,3H2,1-2H3. The lowest BCUT2D eigenvalue weighted by atomic mass is 10.1. The Morgan fingerprint density at radius 3 is 2.75 bits per heavy atom. The lowest BCUT2D eigenvalue weighted by molar-refractivity contribution is 0.104. The van der Waals surface area contributed by atoms with Gasteiger partial charge in [0.25, 0.3) is 0 Å². The van der Waals surface area contributed by atoms with Crippen LogP contribution >= 0.6 is 11.3 Å². The summed E-state index contributed by atoms with van der Waals surface area (Å²) >= 11 is 1.46. The van der Waals surface area contributed by atoms with Crippen LogP contribution < -0.4 is 5.76 Å². The van der Waals surface area contributed by atoms with E-state index in [1.165, 1.54) is 11.3 Å². The van der Waals surface area contributed by atoms with Gasteiger partial charge in [-0.05, 0) is 44.2 Å². The van der Waals surface area contributed by atoms with Crippen LogP contribution in [0.25, 0.3) is 11.1 Å². The number of benzene rings is 1. The summed E-state index contributed by atoms with van der Waals surface area (Å²) in [5.41, 5.74) is 1.71. The molecule has 102 valence electrons. The average molecular weight is 287 g/mol. The van der Waals surface area contributed by atoms with Crippen LogP contribution in [0.2, 0.25) is 0 Å². The van der Waals surface area contributed by atoms with Crippen LogP contribution in [0.15, 0.2) is 39.5 Å². The molecule has 5 heteroatoms. The van der Waals surface area contributed by atoms with Gasteiger partial charge in [-0.15, -0.1) is 11.3 Å². The first-order valence-corrected chi connectivity index (χ1v) is 7.16. The van der Waals surface area contributed by atoms with Crippen molar-refractivity contribution in [2.75, 3.05) is 0 Å². The zero-order valence-corrected chi connectivity index (χ0v) is 12.0. The number of hydrogen-bond acceptors (Lipinski definition) is 4. The van der Waals surface area contributed by atoms with Crippen molar-refractivity contribution in [2.24, 2.45) is 0 Å². The van der Waals surface area contributed by atoms with Gasteiger partial charge in [-0.25, -0.2) is 4.79 Å². The number of ketones is 1. The minimum Gasteiger partial charge on any atom is -0.408 e. The van der Waals surface area contributed by atoms with E-state index >= 15 is 0 Å². The van der Waals surface area contributed by atoms with E-state index in [1.54, 1.807) is 22.8 Å². The molecule has 0 aliphatic heterocycles. The minimum atomic E-state index is -0.390. The van der Waals surface area contributed by atoms with Crippen molar-refractivity contribution >= 4 is 28.2 Å². The zero-order valence-electron chi connectivity index (χ0n) is 11.2. The van der Waals surface area contributed by atoms with E-state index in [1.807, 2.05) is 26.0 Å². The van der Waals surface area contributed by atoms with Gasteiger partial charge in [0, 0.05) is 17.0 Å². The number of oxazole rings is 1. The van der Waals surface area contributed by atoms with E-state index in [9.17, 15) is 9.59 Å². The molecule has 0 aliphatic rings. The summed E-state index contributed by atoms with van der Waals surface area (Å²) in [5, 5.41) is 0. The maximum atomic E-state index is 12.3. The molecule has 20 heavy (non-hydrogen) atoms. The van der Waals surface area contributed by atoms with E-state index in [2.05, 4.69) is 0 Å². The normalized spacial score (nSPS) is 11.1. The number of aryl methyl sites for hydroxylation is 2. The van der Waals surface area contributed by atoms with Crippen LogP contribution in [-0.4, -0.2) is 10.4 Å². The fourth-order valence-electron chi connectivity index (χ4n) is 2.21. The SMILES string of the molecule is CCn1c(=O)oc2cc(C(=O)c3ccc(C)s3)ccc21. The first-order chi connectivity index (χ1) is 9.60. The Morgan fingerprint density at radius 2 is 2.10 bits per heavy atom. The summed E-state index contributed by atoms with van der Waals surface area (Å²) in [6.07, 6.45) is 0. The second-order valence-electron chi connectivity index (χ2n) is 4.53. The van der Waals surface area contributed by atoms with Crippen LogP contribution in [-0.2, 0) is 6.54 Å². The van der Waals surface area contributed by atoms with Crippen molar-refractivity contribution in [1.82, 2.24) is 4.57 Å². The Bertz CT molecular complexity index is 854. The fourth-order valence-corrected chi connectivity index (χ4v) is 3.04. The third-order valence-electron chi connectivity index (χ3n) is 3.21. The fraction of sp³-hybridized carbons (Fsp3) is 0.200. The van der Waals surface area contributed by atoms with Gasteiger partial charge in [-0.3, -0.25) is 9.36 Å². The molecule has 2 aromatic heterocycles. The number of carbonyl (C=O) groups is 1. The Labute approximate surface area is 119 Å². The van der Waals surface area contributed by atoms with Gasteiger partial charge in [-0.2, -0.15) is 0 Å². The summed E-state index contributed by atoms with van der Waals surface area (Å²) in [5.74, 6) is -0.434. The molecular formula is C15H13NO3S. The molecule has 0 saturated heterocycles. The molecule has 0 aliphatic carbocycles. The van der Waals surface area contributed by atoms with E-state index in [4.69, 9.17) is 4.42 Å². The number of nitrogens with zero attached hydrogens (tertiary/aromatic N) is 1. The molecule has 4 nitrogen and oxygen atoms in total. The summed E-state index contributed by atoms with van der Waals surface area (Å²) in [7, 11) is 0. The molecule has 0 unspecified atom stereocenters. The van der Waals surface area contributed by atoms with Crippen LogP contribution in [0.1, 0.15) is 27.0 Å². The van der Waals surface area contributed by atoms with Crippen molar-refractivity contribution < 1.29 is 9.21 Å². The molecule has 2 heterocycles. The molecule has 0 N–H and O–H groups in total. The van der Waals surface area contributed by atoms with E-state index < -0.39 is 0 Å². The number of aromatic nitrogens is 1. The van der Waals surface area contributed by atoms with E-state index in [0.29, 0.717) is 22.6 Å². The highest BCUT2D eigenvalue weighted by atomic mass is 32.1. The summed E-state index contributed by atoms with van der Waals surface area (Å²) < 4.78 is 6.72. The molecule has 0 bridgehead atoms. The number of carbonyl (C=O) groups excluding carboxylic acids is 1. The van der Waals surface area contributed by atoms with Gasteiger partial charge in [0.15, 0.2) is 5.58 Å². The number of rotatable bonds is 3. The maximum absolute atomic E-state index is 12.3. The molecule has 0 radical (unpaired) electrons. The summed E-state index contributed by atoms with van der Waals surface area (Å²) in [4.78, 5) is 25.8. The smallest absolute Gasteiger partial charge is 0.408 e. The van der Waals surface area contributed by atoms with Gasteiger partial charge in [0.2, 0.25) is 5.78 Å². The largest absolute Gasteiger partial charge is 0.419 e. The number of hydrogen-bond donors (Lipinski definition) is 0. The Morgan fingerprint density at radius 1 is 1.30 bits per heavy atom. The maximum Gasteiger partial charge on any atom is 0.419 e. The van der Waals surface area contributed by atoms with Crippen molar-refractivity contribution in [2.45, 2.75) is 20.4 Å². The topological polar surface area (TPSA) is 52.2 Å². The minimum absolute atomic E-state index is 0.0445. The molecule has 3 rings (SSSR count). The highest BCUT2D eigenvalue weighted by Gasteiger charge is 2.14. The third-order valence-corrected chi connectivity index (χ3v) is 4.21. The predicted octanol–water partition coefficient (Wildman–Crippen LogP) is 3.22. The molecule has 3 aromatic rings. The van der Waals surface area contributed by atoms with E-state index in [0.717, 1.165) is 10.4 Å². The van der Waals surface area contributed by atoms with Gasteiger partial charge in [-0.1, -0.05) is 0 Å². The predicted molar refractivity (Wildman–Crippen MR) is 78.6 cm³/mol. The zero-order chi connectivity index (χ0) is 14.3. The van der Waals surface area contributed by atoms with Gasteiger partial charge in [0.05, 0.1) is 10.4 Å². The number of thiophene rings is 1. The van der Waals surface area contributed by atoms with Crippen LogP contribution in [0.3, 0.4) is 0 Å². The molecule has 0 amide bonds.